The van der Waals surface area contributed by atoms with E-state index in [2.05, 4.69) is 5.32 Å². The molecule has 2 aromatic rings. The van der Waals surface area contributed by atoms with Gasteiger partial charge in [0.1, 0.15) is 0 Å². The molecule has 2 aromatic carbocycles. The molecule has 0 aromatic heterocycles. The maximum atomic E-state index is 13.2. The lowest BCUT2D eigenvalue weighted by Crippen LogP contribution is -2.41. The fourth-order valence-electron chi connectivity index (χ4n) is 3.90. The number of nitrogens with one attached hydrogen (secondary N) is 1. The predicted molar refractivity (Wildman–Crippen MR) is 115 cm³/mol. The van der Waals surface area contributed by atoms with Crippen LogP contribution in [0.3, 0.4) is 0 Å². The quantitative estimate of drug-likeness (QED) is 0.535. The third-order valence-corrected chi connectivity index (χ3v) is 7.92. The highest BCUT2D eigenvalue weighted by Crippen LogP contribution is 2.35. The Labute approximate surface area is 185 Å². The Balaban J connectivity index is 1.44. The molecule has 1 fully saturated rings. The normalized spacial score (nSPS) is 16.7. The molecule has 170 valence electrons. The van der Waals surface area contributed by atoms with Gasteiger partial charge in [-0.05, 0) is 49.9 Å². The lowest BCUT2D eigenvalue weighted by Gasteiger charge is -2.31. The van der Waals surface area contributed by atoms with Gasteiger partial charge in [-0.25, -0.2) is 8.42 Å². The van der Waals surface area contributed by atoms with Crippen LogP contribution in [0.5, 0.6) is 11.5 Å². The predicted octanol–water partition coefficient (Wildman–Crippen LogP) is 2.98. The van der Waals surface area contributed by atoms with Crippen LogP contribution in [0.2, 0.25) is 0 Å². The minimum atomic E-state index is -3.92. The lowest BCUT2D eigenvalue weighted by molar-refractivity contribution is -0.385. The lowest BCUT2D eigenvalue weighted by atomic mass is 9.97. The number of carbonyl (C=O) groups is 1. The Morgan fingerprint density at radius 3 is 2.50 bits per heavy atom. The van der Waals surface area contributed by atoms with Crippen LogP contribution in [-0.4, -0.2) is 43.4 Å². The van der Waals surface area contributed by atoms with Crippen LogP contribution < -0.4 is 14.8 Å². The van der Waals surface area contributed by atoms with Crippen LogP contribution in [0.15, 0.2) is 35.2 Å². The van der Waals surface area contributed by atoms with Gasteiger partial charge >= 0.3 is 0 Å². The molecule has 11 heteroatoms. The van der Waals surface area contributed by atoms with Gasteiger partial charge in [0, 0.05) is 42.9 Å². The molecule has 0 atom stereocenters. The Kier molecular flexibility index (Phi) is 5.78. The van der Waals surface area contributed by atoms with Gasteiger partial charge in [-0.1, -0.05) is 0 Å². The Hall–Kier alpha value is -3.18. The van der Waals surface area contributed by atoms with Gasteiger partial charge in [-0.15, -0.1) is 0 Å². The molecule has 0 radical (unpaired) electrons. The zero-order valence-corrected chi connectivity index (χ0v) is 18.5. The van der Waals surface area contributed by atoms with Crippen molar-refractivity contribution in [2.45, 2.75) is 31.6 Å². The number of rotatable bonds is 5. The fourth-order valence-corrected chi connectivity index (χ4v) is 5.69. The average Bonchev–Trinajstić information content (AvgIpc) is 3.23. The van der Waals surface area contributed by atoms with Gasteiger partial charge < -0.3 is 14.8 Å². The number of fused-ring (bicyclic) bond motifs is 1. The molecule has 10 nitrogen and oxygen atoms in total. The number of amides is 1. The van der Waals surface area contributed by atoms with Crippen LogP contribution in [-0.2, 0) is 14.8 Å². The molecule has 1 saturated heterocycles. The van der Waals surface area contributed by atoms with Crippen molar-refractivity contribution in [3.63, 3.8) is 0 Å². The van der Waals surface area contributed by atoms with E-state index in [-0.39, 0.29) is 42.3 Å². The molecule has 4 rings (SSSR count). The Morgan fingerprint density at radius 1 is 1.12 bits per heavy atom. The molecule has 1 N–H and O–H groups in total. The standard InChI is InChI=1S/C21H23N3O7S/c1-13-9-17(24(26)27)11-20(14(13)2)32(28,29)23-7-5-15(6-8-23)21(25)22-16-3-4-18-19(10-16)31-12-30-18/h3-4,9-11,15H,5-8,12H2,1-2H3,(H,22,25). The van der Waals surface area contributed by atoms with Crippen LogP contribution in [0.1, 0.15) is 24.0 Å². The Bertz CT molecular complexity index is 1190. The van der Waals surface area contributed by atoms with Gasteiger partial charge in [0.25, 0.3) is 5.69 Å². The molecule has 0 aliphatic carbocycles. The summed E-state index contributed by atoms with van der Waals surface area (Å²) in [5.74, 6) is 0.641. The number of nitrogens with zero attached hydrogens (tertiary/aromatic N) is 2. The summed E-state index contributed by atoms with van der Waals surface area (Å²) in [5, 5.41) is 14.0. The van der Waals surface area contributed by atoms with Gasteiger partial charge in [0.2, 0.25) is 22.7 Å². The second-order valence-corrected chi connectivity index (χ2v) is 9.78. The summed E-state index contributed by atoms with van der Waals surface area (Å²) in [6, 6.07) is 7.60. The van der Waals surface area contributed by atoms with Crippen molar-refractivity contribution < 1.29 is 27.6 Å². The number of piperidine rings is 1. The number of nitro groups is 1. The second kappa shape index (κ2) is 8.40. The second-order valence-electron chi connectivity index (χ2n) is 7.88. The number of benzene rings is 2. The van der Waals surface area contributed by atoms with E-state index in [1.807, 2.05) is 0 Å². The molecule has 2 aliphatic heterocycles. The number of non-ortho nitro benzene ring substituents is 1. The molecule has 0 spiro atoms. The number of anilines is 1. The summed E-state index contributed by atoms with van der Waals surface area (Å²) in [6.45, 7) is 3.74. The van der Waals surface area contributed by atoms with Crippen molar-refractivity contribution in [3.8, 4) is 11.5 Å². The van der Waals surface area contributed by atoms with Crippen LogP contribution in [0.4, 0.5) is 11.4 Å². The molecular formula is C21H23N3O7S. The van der Waals surface area contributed by atoms with Gasteiger partial charge in [0.15, 0.2) is 11.5 Å². The minimum absolute atomic E-state index is 0.0625. The van der Waals surface area contributed by atoms with E-state index in [0.717, 1.165) is 6.07 Å². The van der Waals surface area contributed by atoms with Crippen molar-refractivity contribution in [1.29, 1.82) is 0 Å². The third-order valence-electron chi connectivity index (χ3n) is 5.90. The molecule has 0 saturated carbocycles. The number of carbonyl (C=O) groups excluding carboxylic acids is 1. The van der Waals surface area contributed by atoms with E-state index in [1.54, 1.807) is 32.0 Å². The van der Waals surface area contributed by atoms with Crippen molar-refractivity contribution in [2.75, 3.05) is 25.2 Å². The van der Waals surface area contributed by atoms with Crippen LogP contribution in [0, 0.1) is 29.9 Å². The van der Waals surface area contributed by atoms with E-state index < -0.39 is 14.9 Å². The maximum Gasteiger partial charge on any atom is 0.271 e. The summed E-state index contributed by atoms with van der Waals surface area (Å²) >= 11 is 0. The summed E-state index contributed by atoms with van der Waals surface area (Å²) in [6.07, 6.45) is 0.700. The Morgan fingerprint density at radius 2 is 1.81 bits per heavy atom. The molecule has 0 unspecified atom stereocenters. The monoisotopic (exact) mass is 461 g/mol. The highest BCUT2D eigenvalue weighted by atomic mass is 32.2. The fraction of sp³-hybridized carbons (Fsp3) is 0.381. The number of hydrogen-bond donors (Lipinski definition) is 1. The smallest absolute Gasteiger partial charge is 0.271 e. The molecule has 2 heterocycles. The number of sulfonamides is 1. The van der Waals surface area contributed by atoms with Crippen molar-refractivity contribution in [1.82, 2.24) is 4.31 Å². The average molecular weight is 461 g/mol. The summed E-state index contributed by atoms with van der Waals surface area (Å²) in [5.41, 5.74) is 1.34. The van der Waals surface area contributed by atoms with Gasteiger partial charge in [-0.2, -0.15) is 4.31 Å². The molecule has 1 amide bonds. The van der Waals surface area contributed by atoms with Crippen LogP contribution in [0.25, 0.3) is 0 Å². The third kappa shape index (κ3) is 4.13. The van der Waals surface area contributed by atoms with Gasteiger partial charge in [-0.3, -0.25) is 14.9 Å². The number of ether oxygens (including phenoxy) is 2. The summed E-state index contributed by atoms with van der Waals surface area (Å²) in [7, 11) is -3.92. The summed E-state index contributed by atoms with van der Waals surface area (Å²) < 4.78 is 38.2. The van der Waals surface area contributed by atoms with E-state index in [4.69, 9.17) is 9.47 Å². The first-order valence-electron chi connectivity index (χ1n) is 10.1. The maximum absolute atomic E-state index is 13.2. The first-order valence-corrected chi connectivity index (χ1v) is 11.6. The summed E-state index contributed by atoms with van der Waals surface area (Å²) in [4.78, 5) is 23.2. The molecule has 32 heavy (non-hydrogen) atoms. The minimum Gasteiger partial charge on any atom is -0.454 e. The highest BCUT2D eigenvalue weighted by Gasteiger charge is 2.34. The molecule has 0 bridgehead atoms. The first kappa shape index (κ1) is 22.0. The molecular weight excluding hydrogens is 438 g/mol. The van der Waals surface area contributed by atoms with E-state index >= 15 is 0 Å². The zero-order valence-electron chi connectivity index (χ0n) is 17.7. The topological polar surface area (TPSA) is 128 Å². The first-order chi connectivity index (χ1) is 15.2. The van der Waals surface area contributed by atoms with Crippen LogP contribution >= 0.6 is 0 Å². The molecule has 2 aliphatic rings. The van der Waals surface area contributed by atoms with Crippen molar-refractivity contribution in [2.24, 2.45) is 5.92 Å². The highest BCUT2D eigenvalue weighted by molar-refractivity contribution is 7.89. The van der Waals surface area contributed by atoms with E-state index in [0.29, 0.717) is 41.2 Å². The van der Waals surface area contributed by atoms with E-state index in [9.17, 15) is 23.3 Å². The largest absolute Gasteiger partial charge is 0.454 e. The SMILES string of the molecule is Cc1cc([N+](=O)[O-])cc(S(=O)(=O)N2CCC(C(=O)Nc3ccc4c(c3)OCO4)CC2)c1C. The number of nitro benzene ring substituents is 1. The van der Waals surface area contributed by atoms with E-state index in [1.165, 1.54) is 10.4 Å². The van der Waals surface area contributed by atoms with Gasteiger partial charge in [0.05, 0.1) is 9.82 Å². The number of hydrogen-bond acceptors (Lipinski definition) is 7. The zero-order chi connectivity index (χ0) is 23.0. The number of aryl methyl sites for hydroxylation is 1. The van der Waals surface area contributed by atoms with Crippen molar-refractivity contribution in [3.05, 3.63) is 51.6 Å². The van der Waals surface area contributed by atoms with Crippen molar-refractivity contribution >= 4 is 27.3 Å².